The molecule has 27 heavy (non-hydrogen) atoms. The number of hydrogen-bond acceptors (Lipinski definition) is 2. The number of carbonyl (C=O) groups excluding carboxylic acids is 2. The van der Waals surface area contributed by atoms with E-state index in [2.05, 4.69) is 5.32 Å². The van der Waals surface area contributed by atoms with E-state index >= 15 is 0 Å². The summed E-state index contributed by atoms with van der Waals surface area (Å²) in [6, 6.07) is 0.0688. The maximum atomic E-state index is 12.9. The van der Waals surface area contributed by atoms with Gasteiger partial charge in [0, 0.05) is 38.8 Å². The lowest BCUT2D eigenvalue weighted by Gasteiger charge is -2.22. The van der Waals surface area contributed by atoms with Crippen molar-refractivity contribution in [2.24, 2.45) is 0 Å². The molecule has 1 N–H and O–H groups in total. The average Bonchev–Trinajstić information content (AvgIpc) is 2.79. The van der Waals surface area contributed by atoms with Gasteiger partial charge in [-0.3, -0.25) is 4.79 Å². The van der Waals surface area contributed by atoms with Gasteiger partial charge in [0.15, 0.2) is 0 Å². The monoisotopic (exact) mass is 397 g/mol. The van der Waals surface area contributed by atoms with E-state index in [1.54, 1.807) is 0 Å². The van der Waals surface area contributed by atoms with Crippen LogP contribution in [-0.2, 0) is 17.1 Å². The lowest BCUT2D eigenvalue weighted by Crippen LogP contribution is -2.38. The molecule has 2 rings (SSSR count). The number of amides is 3. The number of rotatable bonds is 1. The number of urea groups is 1. The quantitative estimate of drug-likeness (QED) is 0.733. The zero-order chi connectivity index (χ0) is 20.4. The van der Waals surface area contributed by atoms with Gasteiger partial charge in [-0.15, -0.1) is 0 Å². The topological polar surface area (TPSA) is 52.7 Å². The lowest BCUT2D eigenvalue weighted by atomic mass is 10.1. The molecule has 1 aliphatic heterocycles. The van der Waals surface area contributed by atoms with Crippen molar-refractivity contribution in [2.75, 3.05) is 31.5 Å². The first-order chi connectivity index (χ1) is 12.4. The Morgan fingerprint density at radius 3 is 1.81 bits per heavy atom. The Morgan fingerprint density at radius 1 is 0.852 bits per heavy atom. The highest BCUT2D eigenvalue weighted by molar-refractivity contribution is 5.89. The maximum absolute atomic E-state index is 12.9. The van der Waals surface area contributed by atoms with Gasteiger partial charge in [-0.2, -0.15) is 26.3 Å². The van der Waals surface area contributed by atoms with E-state index in [1.165, 1.54) is 16.7 Å². The third-order valence-electron chi connectivity index (χ3n) is 4.07. The van der Waals surface area contributed by atoms with Crippen molar-refractivity contribution in [1.29, 1.82) is 0 Å². The van der Waals surface area contributed by atoms with Crippen LogP contribution in [-0.4, -0.2) is 47.9 Å². The molecule has 0 aromatic heterocycles. The number of alkyl halides is 6. The Bertz CT molecular complexity index is 685. The number of nitrogens with zero attached hydrogens (tertiary/aromatic N) is 2. The summed E-state index contributed by atoms with van der Waals surface area (Å²) in [6.45, 7) is 2.37. The van der Waals surface area contributed by atoms with Gasteiger partial charge in [0.25, 0.3) is 0 Å². The molecule has 0 radical (unpaired) electrons. The van der Waals surface area contributed by atoms with Crippen LogP contribution in [0.2, 0.25) is 0 Å². The van der Waals surface area contributed by atoms with Gasteiger partial charge in [0.2, 0.25) is 5.91 Å². The van der Waals surface area contributed by atoms with Crippen LogP contribution < -0.4 is 5.32 Å². The average molecular weight is 397 g/mol. The SMILES string of the molecule is CC(=O)N1CCCN(C(=O)Nc2cc(C(F)(F)F)cc(C(F)(F)F)c2)CC1. The Balaban J connectivity index is 2.20. The first-order valence-corrected chi connectivity index (χ1v) is 7.99. The summed E-state index contributed by atoms with van der Waals surface area (Å²) < 4.78 is 77.2. The van der Waals surface area contributed by atoms with Crippen LogP contribution in [0.15, 0.2) is 18.2 Å². The molecule has 11 heteroatoms. The van der Waals surface area contributed by atoms with Crippen LogP contribution in [0.5, 0.6) is 0 Å². The van der Waals surface area contributed by atoms with Crippen LogP contribution >= 0.6 is 0 Å². The molecule has 1 saturated heterocycles. The number of anilines is 1. The van der Waals surface area contributed by atoms with Crippen molar-refractivity contribution in [3.8, 4) is 0 Å². The highest BCUT2D eigenvalue weighted by Gasteiger charge is 2.37. The van der Waals surface area contributed by atoms with E-state index in [0.29, 0.717) is 25.1 Å². The van der Waals surface area contributed by atoms with E-state index < -0.39 is 35.2 Å². The zero-order valence-corrected chi connectivity index (χ0v) is 14.2. The van der Waals surface area contributed by atoms with Crippen molar-refractivity contribution in [3.63, 3.8) is 0 Å². The minimum absolute atomic E-state index is 0.00761. The molecule has 3 amide bonds. The number of nitrogens with one attached hydrogen (secondary N) is 1. The Morgan fingerprint density at radius 2 is 1.33 bits per heavy atom. The second-order valence-corrected chi connectivity index (χ2v) is 6.07. The summed E-state index contributed by atoms with van der Waals surface area (Å²) in [7, 11) is 0. The first kappa shape index (κ1) is 20.8. The fourth-order valence-corrected chi connectivity index (χ4v) is 2.67. The standard InChI is InChI=1S/C16H17F6N3O2/c1-10(26)24-3-2-4-25(6-5-24)14(27)23-13-8-11(15(17,18)19)7-12(9-13)16(20,21)22/h7-9H,2-6H2,1H3,(H,23,27). The molecular formula is C16H17F6N3O2. The first-order valence-electron chi connectivity index (χ1n) is 7.99. The minimum atomic E-state index is -4.99. The smallest absolute Gasteiger partial charge is 0.341 e. The number of carbonyl (C=O) groups is 2. The van der Waals surface area contributed by atoms with Crippen molar-refractivity contribution in [3.05, 3.63) is 29.3 Å². The van der Waals surface area contributed by atoms with E-state index in [-0.39, 0.29) is 31.6 Å². The van der Waals surface area contributed by atoms with Gasteiger partial charge in [0.05, 0.1) is 11.1 Å². The molecule has 150 valence electrons. The zero-order valence-electron chi connectivity index (χ0n) is 14.2. The van der Waals surface area contributed by atoms with Crippen molar-refractivity contribution < 1.29 is 35.9 Å². The number of halogens is 6. The predicted molar refractivity (Wildman–Crippen MR) is 83.9 cm³/mol. The van der Waals surface area contributed by atoms with Crippen molar-refractivity contribution >= 4 is 17.6 Å². The summed E-state index contributed by atoms with van der Waals surface area (Å²) in [5, 5.41) is 2.09. The lowest BCUT2D eigenvalue weighted by molar-refractivity contribution is -0.143. The Kier molecular flexibility index (Phi) is 5.91. The third kappa shape index (κ3) is 5.51. The summed E-state index contributed by atoms with van der Waals surface area (Å²) in [6.07, 6.45) is -9.54. The summed E-state index contributed by atoms with van der Waals surface area (Å²) in [5.41, 5.74) is -3.62. The fraction of sp³-hybridized carbons (Fsp3) is 0.500. The van der Waals surface area contributed by atoms with Crippen LogP contribution in [0, 0.1) is 0 Å². The molecule has 0 bridgehead atoms. The highest BCUT2D eigenvalue weighted by Crippen LogP contribution is 2.37. The van der Waals surface area contributed by atoms with Gasteiger partial charge < -0.3 is 15.1 Å². The van der Waals surface area contributed by atoms with E-state index in [0.717, 1.165) is 0 Å². The molecule has 0 atom stereocenters. The largest absolute Gasteiger partial charge is 0.416 e. The van der Waals surface area contributed by atoms with Crippen LogP contribution in [0.3, 0.4) is 0 Å². The van der Waals surface area contributed by atoms with Gasteiger partial charge in [0.1, 0.15) is 0 Å². The number of hydrogen-bond donors (Lipinski definition) is 1. The fourth-order valence-electron chi connectivity index (χ4n) is 2.67. The predicted octanol–water partition coefficient (Wildman–Crippen LogP) is 3.81. The van der Waals surface area contributed by atoms with Crippen LogP contribution in [0.4, 0.5) is 36.8 Å². The van der Waals surface area contributed by atoms with Gasteiger partial charge in [-0.25, -0.2) is 4.79 Å². The Hall–Kier alpha value is -2.46. The normalized spacial score (nSPS) is 16.1. The van der Waals surface area contributed by atoms with E-state index in [4.69, 9.17) is 0 Å². The van der Waals surface area contributed by atoms with E-state index in [9.17, 15) is 35.9 Å². The molecule has 0 saturated carbocycles. The summed E-state index contributed by atoms with van der Waals surface area (Å²) in [4.78, 5) is 26.4. The maximum Gasteiger partial charge on any atom is 0.416 e. The molecule has 1 aromatic carbocycles. The minimum Gasteiger partial charge on any atom is -0.341 e. The molecule has 1 fully saturated rings. The Labute approximate surface area is 150 Å². The molecule has 1 aromatic rings. The molecule has 1 aliphatic rings. The molecule has 0 unspecified atom stereocenters. The van der Waals surface area contributed by atoms with Crippen LogP contribution in [0.1, 0.15) is 24.5 Å². The second kappa shape index (κ2) is 7.65. The number of benzene rings is 1. The van der Waals surface area contributed by atoms with Gasteiger partial charge in [-0.05, 0) is 24.6 Å². The molecule has 1 heterocycles. The summed E-state index contributed by atoms with van der Waals surface area (Å²) in [5.74, 6) is -0.176. The second-order valence-electron chi connectivity index (χ2n) is 6.07. The highest BCUT2D eigenvalue weighted by atomic mass is 19.4. The van der Waals surface area contributed by atoms with Gasteiger partial charge in [-0.1, -0.05) is 0 Å². The molecule has 5 nitrogen and oxygen atoms in total. The molecular weight excluding hydrogens is 380 g/mol. The molecule has 0 aliphatic carbocycles. The van der Waals surface area contributed by atoms with Gasteiger partial charge >= 0.3 is 18.4 Å². The van der Waals surface area contributed by atoms with E-state index in [1.807, 2.05) is 0 Å². The van der Waals surface area contributed by atoms with Crippen LogP contribution in [0.25, 0.3) is 0 Å². The summed E-state index contributed by atoms with van der Waals surface area (Å²) >= 11 is 0. The van der Waals surface area contributed by atoms with Crippen molar-refractivity contribution in [1.82, 2.24) is 9.80 Å². The third-order valence-corrected chi connectivity index (χ3v) is 4.07. The molecule has 0 spiro atoms. The van der Waals surface area contributed by atoms with Crippen molar-refractivity contribution in [2.45, 2.75) is 25.7 Å².